The minimum absolute atomic E-state index is 0.155. The van der Waals surface area contributed by atoms with E-state index in [9.17, 15) is 14.4 Å². The molecule has 0 atom stereocenters. The minimum atomic E-state index is -0.367. The predicted molar refractivity (Wildman–Crippen MR) is 135 cm³/mol. The lowest BCUT2D eigenvalue weighted by Crippen LogP contribution is -2.17. The van der Waals surface area contributed by atoms with Crippen molar-refractivity contribution in [2.75, 3.05) is 23.0 Å². The summed E-state index contributed by atoms with van der Waals surface area (Å²) in [5.41, 5.74) is 2.23. The summed E-state index contributed by atoms with van der Waals surface area (Å²) in [4.78, 5) is 40.2. The second kappa shape index (κ2) is 11.0. The number of carbonyl (C=O) groups is 3. The minimum Gasteiger partial charge on any atom is -0.462 e. The Hall–Kier alpha value is -2.62. The maximum absolute atomic E-state index is 12.7. The quantitative estimate of drug-likeness (QED) is 0.299. The molecule has 2 heterocycles. The van der Waals surface area contributed by atoms with Crippen LogP contribution in [0.15, 0.2) is 46.7 Å². The molecule has 3 aromatic rings. The highest BCUT2D eigenvalue weighted by Crippen LogP contribution is 2.38. The maximum Gasteiger partial charge on any atom is 0.341 e. The second-order valence-corrected chi connectivity index (χ2v) is 10.5. The molecule has 1 aliphatic carbocycles. The first-order valence-corrected chi connectivity index (χ1v) is 13.4. The highest BCUT2D eigenvalue weighted by molar-refractivity contribution is 8.00. The molecule has 0 saturated heterocycles. The van der Waals surface area contributed by atoms with E-state index in [1.165, 1.54) is 39.3 Å². The van der Waals surface area contributed by atoms with E-state index in [1.807, 2.05) is 35.7 Å². The van der Waals surface area contributed by atoms with Crippen LogP contribution in [0.3, 0.4) is 0 Å². The molecule has 1 aromatic carbocycles. The normalized spacial score (nSPS) is 12.6. The van der Waals surface area contributed by atoms with Crippen LogP contribution in [-0.4, -0.2) is 30.1 Å². The molecule has 33 heavy (non-hydrogen) atoms. The summed E-state index contributed by atoms with van der Waals surface area (Å²) < 4.78 is 5.25. The molecule has 1 aliphatic rings. The van der Waals surface area contributed by atoms with Gasteiger partial charge in [-0.05, 0) is 67.8 Å². The molecule has 4 rings (SSSR count). The van der Waals surface area contributed by atoms with Gasteiger partial charge >= 0.3 is 5.97 Å². The van der Waals surface area contributed by atoms with Crippen molar-refractivity contribution in [2.45, 2.75) is 37.5 Å². The van der Waals surface area contributed by atoms with Gasteiger partial charge in [0.2, 0.25) is 5.91 Å². The van der Waals surface area contributed by atoms with Crippen molar-refractivity contribution in [3.63, 3.8) is 0 Å². The molecule has 0 aliphatic heterocycles. The summed E-state index contributed by atoms with van der Waals surface area (Å²) in [6.07, 6.45) is 3.91. The SMILES string of the molecule is CCOC(=O)c1c(NC(=O)CSc2cccc(NC(=O)c3cccs3)c2)sc2c1CCCC2. The van der Waals surface area contributed by atoms with Crippen LogP contribution >= 0.6 is 34.4 Å². The number of rotatable bonds is 8. The van der Waals surface area contributed by atoms with Crippen LogP contribution in [0.4, 0.5) is 10.7 Å². The van der Waals surface area contributed by atoms with Gasteiger partial charge in [0, 0.05) is 15.5 Å². The highest BCUT2D eigenvalue weighted by atomic mass is 32.2. The first-order valence-electron chi connectivity index (χ1n) is 10.7. The van der Waals surface area contributed by atoms with Crippen molar-refractivity contribution in [1.29, 1.82) is 0 Å². The lowest BCUT2D eigenvalue weighted by molar-refractivity contribution is -0.113. The van der Waals surface area contributed by atoms with Gasteiger partial charge in [0.1, 0.15) is 5.00 Å². The summed E-state index contributed by atoms with van der Waals surface area (Å²) in [6.45, 7) is 2.08. The number of hydrogen-bond acceptors (Lipinski definition) is 7. The van der Waals surface area contributed by atoms with Gasteiger partial charge in [-0.3, -0.25) is 9.59 Å². The Balaban J connectivity index is 1.39. The summed E-state index contributed by atoms with van der Waals surface area (Å²) >= 11 is 4.24. The molecule has 2 aromatic heterocycles. The van der Waals surface area contributed by atoms with Crippen LogP contribution in [0, 0.1) is 0 Å². The summed E-state index contributed by atoms with van der Waals surface area (Å²) in [7, 11) is 0. The van der Waals surface area contributed by atoms with Gasteiger partial charge in [0.15, 0.2) is 0 Å². The Morgan fingerprint density at radius 3 is 2.73 bits per heavy atom. The number of nitrogens with one attached hydrogen (secondary N) is 2. The topological polar surface area (TPSA) is 84.5 Å². The third kappa shape index (κ3) is 5.85. The van der Waals surface area contributed by atoms with Crippen LogP contribution < -0.4 is 10.6 Å². The van der Waals surface area contributed by atoms with E-state index in [0.717, 1.165) is 36.1 Å². The van der Waals surface area contributed by atoms with E-state index in [0.29, 0.717) is 27.7 Å². The Morgan fingerprint density at radius 2 is 1.94 bits per heavy atom. The molecule has 6 nitrogen and oxygen atoms in total. The molecule has 0 bridgehead atoms. The first-order chi connectivity index (χ1) is 16.0. The Labute approximate surface area is 204 Å². The van der Waals surface area contributed by atoms with Crippen molar-refractivity contribution in [3.8, 4) is 0 Å². The number of ether oxygens (including phenoxy) is 1. The fourth-order valence-electron chi connectivity index (χ4n) is 3.65. The number of thiophene rings is 2. The number of thioether (sulfide) groups is 1. The van der Waals surface area contributed by atoms with Crippen LogP contribution in [-0.2, 0) is 22.4 Å². The fraction of sp³-hybridized carbons (Fsp3) is 0.292. The third-order valence-electron chi connectivity index (χ3n) is 5.11. The number of aryl methyl sites for hydroxylation is 1. The van der Waals surface area contributed by atoms with Crippen molar-refractivity contribution >= 4 is 62.9 Å². The van der Waals surface area contributed by atoms with Gasteiger partial charge in [-0.25, -0.2) is 4.79 Å². The summed E-state index contributed by atoms with van der Waals surface area (Å²) in [5, 5.41) is 8.26. The fourth-order valence-corrected chi connectivity index (χ4v) is 6.32. The van der Waals surface area contributed by atoms with E-state index in [4.69, 9.17) is 4.74 Å². The van der Waals surface area contributed by atoms with E-state index in [1.54, 1.807) is 13.0 Å². The number of benzene rings is 1. The average molecular weight is 501 g/mol. The molecular weight excluding hydrogens is 476 g/mol. The molecule has 0 unspecified atom stereocenters. The van der Waals surface area contributed by atoms with E-state index < -0.39 is 0 Å². The molecule has 0 saturated carbocycles. The number of hydrogen-bond donors (Lipinski definition) is 2. The van der Waals surface area contributed by atoms with Crippen molar-refractivity contribution in [1.82, 2.24) is 0 Å². The number of carbonyl (C=O) groups excluding carboxylic acids is 3. The number of anilines is 2. The van der Waals surface area contributed by atoms with Crippen LogP contribution in [0.5, 0.6) is 0 Å². The monoisotopic (exact) mass is 500 g/mol. The Morgan fingerprint density at radius 1 is 1.09 bits per heavy atom. The Bertz CT molecular complexity index is 1150. The van der Waals surface area contributed by atoms with Crippen LogP contribution in [0.1, 0.15) is 50.2 Å². The lowest BCUT2D eigenvalue weighted by atomic mass is 9.95. The molecular formula is C24H24N2O4S3. The van der Waals surface area contributed by atoms with E-state index in [2.05, 4.69) is 10.6 Å². The summed E-state index contributed by atoms with van der Waals surface area (Å²) in [6, 6.07) is 11.0. The average Bonchev–Trinajstić information content (AvgIpc) is 3.46. The van der Waals surface area contributed by atoms with E-state index in [-0.39, 0.29) is 23.5 Å². The van der Waals surface area contributed by atoms with Crippen LogP contribution in [0.2, 0.25) is 0 Å². The van der Waals surface area contributed by atoms with Crippen molar-refractivity contribution < 1.29 is 19.1 Å². The molecule has 0 radical (unpaired) electrons. The summed E-state index contributed by atoms with van der Waals surface area (Å²) in [5.74, 6) is -0.517. The lowest BCUT2D eigenvalue weighted by Gasteiger charge is -2.12. The van der Waals surface area contributed by atoms with Crippen LogP contribution in [0.25, 0.3) is 0 Å². The first kappa shape index (κ1) is 23.5. The van der Waals surface area contributed by atoms with Gasteiger partial charge in [-0.2, -0.15) is 0 Å². The zero-order valence-corrected chi connectivity index (χ0v) is 20.6. The predicted octanol–water partition coefficient (Wildman–Crippen LogP) is 5.85. The zero-order chi connectivity index (χ0) is 23.2. The molecule has 0 fully saturated rings. The Kier molecular flexibility index (Phi) is 7.85. The molecule has 9 heteroatoms. The van der Waals surface area contributed by atoms with Gasteiger partial charge in [0.25, 0.3) is 5.91 Å². The van der Waals surface area contributed by atoms with Gasteiger partial charge in [-0.1, -0.05) is 12.1 Å². The molecule has 2 N–H and O–H groups in total. The third-order valence-corrected chi connectivity index (χ3v) is 8.18. The smallest absolute Gasteiger partial charge is 0.341 e. The van der Waals surface area contributed by atoms with Crippen molar-refractivity contribution in [2.24, 2.45) is 0 Å². The zero-order valence-electron chi connectivity index (χ0n) is 18.1. The van der Waals surface area contributed by atoms with E-state index >= 15 is 0 Å². The van der Waals surface area contributed by atoms with Gasteiger partial charge in [-0.15, -0.1) is 34.4 Å². The number of amides is 2. The van der Waals surface area contributed by atoms with Crippen molar-refractivity contribution in [3.05, 3.63) is 62.7 Å². The van der Waals surface area contributed by atoms with Gasteiger partial charge < -0.3 is 15.4 Å². The number of esters is 1. The van der Waals surface area contributed by atoms with Gasteiger partial charge in [0.05, 0.1) is 22.8 Å². The molecule has 2 amide bonds. The number of fused-ring (bicyclic) bond motifs is 1. The second-order valence-electron chi connectivity index (χ2n) is 7.43. The molecule has 0 spiro atoms. The highest BCUT2D eigenvalue weighted by Gasteiger charge is 2.27. The standard InChI is InChI=1S/C24H24N2O4S3/c1-2-30-24(29)21-17-9-3-4-10-18(17)33-23(21)26-20(27)14-32-16-8-5-7-15(13-16)25-22(28)19-11-6-12-31-19/h5-8,11-13H,2-4,9-10,14H2,1H3,(H,25,28)(H,26,27). The molecule has 172 valence electrons. The largest absolute Gasteiger partial charge is 0.462 e. The maximum atomic E-state index is 12.7.